The van der Waals surface area contributed by atoms with E-state index in [1.165, 1.54) is 0 Å². The number of hydrogen-bond donors (Lipinski definition) is 0. The molecule has 0 N–H and O–H groups in total. The quantitative estimate of drug-likeness (QED) is 0.563. The molecule has 0 heterocycles. The molecule has 0 aromatic rings. The van der Waals surface area contributed by atoms with Crippen LogP contribution in [0.25, 0.3) is 0 Å². The van der Waals surface area contributed by atoms with Crippen LogP contribution in [0, 0.1) is 0 Å². The number of hydrogen-bond acceptors (Lipinski definition) is 0. The molecule has 0 rings (SSSR count). The molecule has 0 radical (unpaired) electrons. The van der Waals surface area contributed by atoms with Crippen molar-refractivity contribution >= 4 is 27.5 Å². The Morgan fingerprint density at radius 2 is 2.33 bits per heavy atom. The molecular weight excluding hydrogens is 170 g/mol. The topological polar surface area (TPSA) is 0 Å². The van der Waals surface area contributed by atoms with Crippen LogP contribution in [0.5, 0.6) is 0 Å². The van der Waals surface area contributed by atoms with Crippen molar-refractivity contribution in [1.82, 2.24) is 0 Å². The molecule has 0 saturated heterocycles. The van der Waals surface area contributed by atoms with Gasteiger partial charge in [-0.15, -0.1) is 11.6 Å². The fourth-order valence-electron chi connectivity index (χ4n) is 0.0412. The van der Waals surface area contributed by atoms with E-state index in [1.807, 2.05) is 0 Å². The van der Waals surface area contributed by atoms with Gasteiger partial charge in [0, 0.05) is 5.33 Å². The minimum Gasteiger partial charge on any atom is -0.245 e. The van der Waals surface area contributed by atoms with Crippen LogP contribution < -0.4 is 0 Å². The first-order valence-corrected chi connectivity index (χ1v) is 3.23. The Kier molecular flexibility index (Phi) is 4.33. The lowest BCUT2D eigenvalue weighted by molar-refractivity contribution is 0.404. The summed E-state index contributed by atoms with van der Waals surface area (Å²) in [5.41, 5.74) is 0. The molecule has 1 atom stereocenters. The third-order valence-electron chi connectivity index (χ3n) is 0.335. The zero-order valence-corrected chi connectivity index (χ0v) is 5.47. The van der Waals surface area contributed by atoms with Crippen LogP contribution in [0.4, 0.5) is 4.39 Å². The molecule has 0 nitrogen and oxygen atoms in total. The van der Waals surface area contributed by atoms with Gasteiger partial charge < -0.3 is 0 Å². The smallest absolute Gasteiger partial charge is 0.123 e. The van der Waals surface area contributed by atoms with Crippen molar-refractivity contribution < 1.29 is 4.39 Å². The fraction of sp³-hybridized carbons (Fsp3) is 1.00. The zero-order chi connectivity index (χ0) is 4.99. The summed E-state index contributed by atoms with van der Waals surface area (Å²) in [6.07, 6.45) is -0.883. The average molecular weight is 175 g/mol. The second kappa shape index (κ2) is 3.88. The molecule has 1 unspecified atom stereocenters. The van der Waals surface area contributed by atoms with E-state index in [9.17, 15) is 4.39 Å². The maximum Gasteiger partial charge on any atom is 0.123 e. The molecule has 6 heavy (non-hydrogen) atoms. The highest BCUT2D eigenvalue weighted by molar-refractivity contribution is 9.09. The van der Waals surface area contributed by atoms with E-state index in [0.717, 1.165) is 0 Å². The van der Waals surface area contributed by atoms with Gasteiger partial charge in [-0.1, -0.05) is 15.9 Å². The summed E-state index contributed by atoms with van der Waals surface area (Å²) >= 11 is 7.96. The predicted molar refractivity (Wildman–Crippen MR) is 29.4 cm³/mol. The van der Waals surface area contributed by atoms with E-state index < -0.39 is 6.17 Å². The Morgan fingerprint density at radius 1 is 1.83 bits per heavy atom. The van der Waals surface area contributed by atoms with Gasteiger partial charge in [0.25, 0.3) is 0 Å². The normalized spacial score (nSPS) is 14.5. The summed E-state index contributed by atoms with van der Waals surface area (Å²) in [5.74, 6) is 0.0885. The first-order chi connectivity index (χ1) is 2.81. The first kappa shape index (κ1) is 6.70. The minimum atomic E-state index is -0.883. The largest absolute Gasteiger partial charge is 0.245 e. The SMILES string of the molecule is FC(CCl)CBr. The molecule has 0 aliphatic heterocycles. The molecule has 0 aromatic carbocycles. The van der Waals surface area contributed by atoms with Crippen LogP contribution in [0.15, 0.2) is 0 Å². The van der Waals surface area contributed by atoms with Crippen molar-refractivity contribution in [3.05, 3.63) is 0 Å². The highest BCUT2D eigenvalue weighted by Crippen LogP contribution is 1.96. The lowest BCUT2D eigenvalue weighted by Crippen LogP contribution is -2.00. The maximum absolute atomic E-state index is 11.7. The van der Waals surface area contributed by atoms with E-state index >= 15 is 0 Å². The molecule has 0 spiro atoms. The van der Waals surface area contributed by atoms with Gasteiger partial charge in [-0.3, -0.25) is 0 Å². The monoisotopic (exact) mass is 174 g/mol. The van der Waals surface area contributed by atoms with Crippen molar-refractivity contribution in [2.75, 3.05) is 11.2 Å². The zero-order valence-electron chi connectivity index (χ0n) is 3.13. The third kappa shape index (κ3) is 2.91. The predicted octanol–water partition coefficient (Wildman–Crippen LogP) is 1.96. The van der Waals surface area contributed by atoms with Gasteiger partial charge in [-0.05, 0) is 0 Å². The Bertz CT molecular complexity index is 30.0. The summed E-state index contributed by atoms with van der Waals surface area (Å²) in [6.45, 7) is 0. The number of rotatable bonds is 2. The second-order valence-corrected chi connectivity index (χ2v) is 1.86. The van der Waals surface area contributed by atoms with E-state index in [2.05, 4.69) is 15.9 Å². The van der Waals surface area contributed by atoms with Gasteiger partial charge >= 0.3 is 0 Å². The number of alkyl halides is 3. The molecule has 0 aliphatic carbocycles. The Labute approximate surface area is 49.8 Å². The molecule has 0 aromatic heterocycles. The fourth-order valence-corrected chi connectivity index (χ4v) is 0.643. The minimum absolute atomic E-state index is 0.0885. The highest BCUT2D eigenvalue weighted by atomic mass is 79.9. The van der Waals surface area contributed by atoms with Crippen LogP contribution in [0.3, 0.4) is 0 Å². The average Bonchev–Trinajstić information content (AvgIpc) is 1.65. The standard InChI is InChI=1S/C3H5BrClF/c4-1-3(6)2-5/h3H,1-2H2. The Morgan fingerprint density at radius 3 is 2.33 bits per heavy atom. The summed E-state index contributed by atoms with van der Waals surface area (Å²) in [5, 5.41) is 0.344. The highest BCUT2D eigenvalue weighted by Gasteiger charge is 1.97. The van der Waals surface area contributed by atoms with Gasteiger partial charge in [0.05, 0.1) is 5.88 Å². The summed E-state index contributed by atoms with van der Waals surface area (Å²) < 4.78 is 11.7. The van der Waals surface area contributed by atoms with Crippen molar-refractivity contribution in [3.63, 3.8) is 0 Å². The van der Waals surface area contributed by atoms with E-state index in [4.69, 9.17) is 11.6 Å². The van der Waals surface area contributed by atoms with Crippen LogP contribution in [-0.4, -0.2) is 17.4 Å². The van der Waals surface area contributed by atoms with E-state index in [0.29, 0.717) is 5.33 Å². The number of halogens is 3. The lowest BCUT2D eigenvalue weighted by atomic mass is 10.5. The van der Waals surface area contributed by atoms with Crippen LogP contribution in [0.1, 0.15) is 0 Å². The van der Waals surface area contributed by atoms with Crippen LogP contribution in [-0.2, 0) is 0 Å². The van der Waals surface area contributed by atoms with Crippen molar-refractivity contribution in [1.29, 1.82) is 0 Å². The van der Waals surface area contributed by atoms with Crippen molar-refractivity contribution in [2.45, 2.75) is 6.17 Å². The molecular formula is C3H5BrClF. The van der Waals surface area contributed by atoms with Crippen LogP contribution in [0.2, 0.25) is 0 Å². The molecule has 38 valence electrons. The molecule has 0 aliphatic rings. The Hall–Kier alpha value is 0.700. The molecule has 0 fully saturated rings. The van der Waals surface area contributed by atoms with Crippen LogP contribution >= 0.6 is 27.5 Å². The molecule has 0 saturated carbocycles. The van der Waals surface area contributed by atoms with E-state index in [-0.39, 0.29) is 5.88 Å². The third-order valence-corrected chi connectivity index (χ3v) is 1.37. The summed E-state index contributed by atoms with van der Waals surface area (Å²) in [6, 6.07) is 0. The van der Waals surface area contributed by atoms with Gasteiger partial charge in [0.2, 0.25) is 0 Å². The molecule has 0 bridgehead atoms. The second-order valence-electron chi connectivity index (χ2n) is 0.906. The van der Waals surface area contributed by atoms with Crippen molar-refractivity contribution in [3.8, 4) is 0 Å². The summed E-state index contributed by atoms with van der Waals surface area (Å²) in [4.78, 5) is 0. The first-order valence-electron chi connectivity index (χ1n) is 1.57. The van der Waals surface area contributed by atoms with Gasteiger partial charge in [-0.2, -0.15) is 0 Å². The molecule has 0 amide bonds. The van der Waals surface area contributed by atoms with Gasteiger partial charge in [0.15, 0.2) is 0 Å². The van der Waals surface area contributed by atoms with Crippen molar-refractivity contribution in [2.24, 2.45) is 0 Å². The molecule has 3 heteroatoms. The maximum atomic E-state index is 11.7. The van der Waals surface area contributed by atoms with Gasteiger partial charge in [0.1, 0.15) is 6.17 Å². The lowest BCUT2D eigenvalue weighted by Gasteiger charge is -1.91. The van der Waals surface area contributed by atoms with E-state index in [1.54, 1.807) is 0 Å². The summed E-state index contributed by atoms with van der Waals surface area (Å²) in [7, 11) is 0. The Balaban J connectivity index is 2.75. The van der Waals surface area contributed by atoms with Gasteiger partial charge in [-0.25, -0.2) is 4.39 Å².